The summed E-state index contributed by atoms with van der Waals surface area (Å²) in [5, 5.41) is 2.85. The van der Waals surface area contributed by atoms with E-state index in [9.17, 15) is 13.2 Å². The van der Waals surface area contributed by atoms with Gasteiger partial charge in [0.25, 0.3) is 5.91 Å². The van der Waals surface area contributed by atoms with E-state index >= 15 is 0 Å². The number of hydrogen-bond donors (Lipinski definition) is 1. The predicted molar refractivity (Wildman–Crippen MR) is 95.0 cm³/mol. The normalized spacial score (nSPS) is 25.0. The number of ether oxygens (including phenoxy) is 1. The minimum atomic E-state index is -3.50. The number of carbonyl (C=O) groups excluding carboxylic acids is 1. The Morgan fingerprint density at radius 3 is 2.60 bits per heavy atom. The Kier molecular flexibility index (Phi) is 5.76. The molecular formula is C18H26N2O4S. The van der Waals surface area contributed by atoms with Gasteiger partial charge < -0.3 is 10.1 Å². The lowest BCUT2D eigenvalue weighted by atomic mass is 10.1. The molecule has 0 saturated carbocycles. The van der Waals surface area contributed by atoms with E-state index in [4.69, 9.17) is 4.74 Å². The molecule has 0 aromatic heterocycles. The van der Waals surface area contributed by atoms with Gasteiger partial charge in [-0.15, -0.1) is 0 Å². The second-order valence-corrected chi connectivity index (χ2v) is 8.72. The van der Waals surface area contributed by atoms with E-state index in [1.54, 1.807) is 16.4 Å². The Morgan fingerprint density at radius 1 is 1.20 bits per heavy atom. The number of hydrogen-bond acceptors (Lipinski definition) is 4. The van der Waals surface area contributed by atoms with Crippen molar-refractivity contribution in [3.8, 4) is 0 Å². The molecule has 0 radical (unpaired) electrons. The molecule has 2 fully saturated rings. The number of nitrogens with zero attached hydrogens (tertiary/aromatic N) is 1. The summed E-state index contributed by atoms with van der Waals surface area (Å²) in [4.78, 5) is 12.4. The van der Waals surface area contributed by atoms with Gasteiger partial charge in [0.1, 0.15) is 0 Å². The van der Waals surface area contributed by atoms with Crippen LogP contribution in [0, 0.1) is 0 Å². The Labute approximate surface area is 149 Å². The van der Waals surface area contributed by atoms with Gasteiger partial charge in [0, 0.05) is 31.3 Å². The van der Waals surface area contributed by atoms with Crippen LogP contribution >= 0.6 is 0 Å². The Hall–Kier alpha value is -1.44. The maximum Gasteiger partial charge on any atom is 0.251 e. The standard InChI is InChI=1S/C18H26N2O4S/c1-14-5-2-3-11-20(14)25(22,23)17-9-7-15(8-10-17)18(21)19-13-16-6-4-12-24-16/h7-10,14,16H,2-6,11-13H2,1H3,(H,19,21). The second-order valence-electron chi connectivity index (χ2n) is 6.83. The molecule has 1 N–H and O–H groups in total. The number of piperidine rings is 1. The summed E-state index contributed by atoms with van der Waals surface area (Å²) in [5.41, 5.74) is 0.462. The van der Waals surface area contributed by atoms with Gasteiger partial charge in [-0.3, -0.25) is 4.79 Å². The molecule has 138 valence electrons. The smallest absolute Gasteiger partial charge is 0.251 e. The highest BCUT2D eigenvalue weighted by Gasteiger charge is 2.30. The minimum absolute atomic E-state index is 0.0214. The van der Waals surface area contributed by atoms with Crippen LogP contribution in [0.2, 0.25) is 0 Å². The third-order valence-corrected chi connectivity index (χ3v) is 7.01. The number of sulfonamides is 1. The third kappa shape index (κ3) is 4.22. The van der Waals surface area contributed by atoms with Crippen LogP contribution in [0.3, 0.4) is 0 Å². The molecule has 1 amide bonds. The average Bonchev–Trinajstić information content (AvgIpc) is 3.13. The van der Waals surface area contributed by atoms with E-state index in [1.165, 1.54) is 12.1 Å². The van der Waals surface area contributed by atoms with E-state index in [-0.39, 0.29) is 22.9 Å². The van der Waals surface area contributed by atoms with Crippen molar-refractivity contribution in [2.24, 2.45) is 0 Å². The molecule has 6 nitrogen and oxygen atoms in total. The molecule has 1 aromatic rings. The molecular weight excluding hydrogens is 340 g/mol. The van der Waals surface area contributed by atoms with E-state index in [0.717, 1.165) is 38.7 Å². The first-order valence-electron chi connectivity index (χ1n) is 9.00. The molecule has 0 spiro atoms. The van der Waals surface area contributed by atoms with Crippen LogP contribution in [0.1, 0.15) is 49.4 Å². The van der Waals surface area contributed by atoms with Gasteiger partial charge >= 0.3 is 0 Å². The number of nitrogens with one attached hydrogen (secondary N) is 1. The first-order valence-corrected chi connectivity index (χ1v) is 10.4. The second kappa shape index (κ2) is 7.85. The van der Waals surface area contributed by atoms with Gasteiger partial charge in [0.2, 0.25) is 10.0 Å². The predicted octanol–water partition coefficient (Wildman–Crippen LogP) is 2.16. The van der Waals surface area contributed by atoms with Gasteiger partial charge in [-0.05, 0) is 56.9 Å². The Bertz CT molecular complexity index is 696. The molecule has 2 aliphatic heterocycles. The fraction of sp³-hybridized carbons (Fsp3) is 0.611. The summed E-state index contributed by atoms with van der Waals surface area (Å²) < 4.78 is 32.6. The van der Waals surface area contributed by atoms with E-state index < -0.39 is 10.0 Å². The molecule has 25 heavy (non-hydrogen) atoms. The van der Waals surface area contributed by atoms with Gasteiger partial charge in [-0.1, -0.05) is 6.42 Å². The lowest BCUT2D eigenvalue weighted by molar-refractivity contribution is 0.0857. The first-order chi connectivity index (χ1) is 12.0. The van der Waals surface area contributed by atoms with Crippen molar-refractivity contribution < 1.29 is 17.9 Å². The highest BCUT2D eigenvalue weighted by molar-refractivity contribution is 7.89. The SMILES string of the molecule is CC1CCCCN1S(=O)(=O)c1ccc(C(=O)NCC2CCCO2)cc1. The summed E-state index contributed by atoms with van der Waals surface area (Å²) in [6.07, 6.45) is 4.94. The zero-order valence-corrected chi connectivity index (χ0v) is 15.4. The Balaban J connectivity index is 1.65. The van der Waals surface area contributed by atoms with E-state index in [1.807, 2.05) is 6.92 Å². The van der Waals surface area contributed by atoms with Crippen molar-refractivity contribution in [1.82, 2.24) is 9.62 Å². The fourth-order valence-corrected chi connectivity index (χ4v) is 5.16. The first kappa shape index (κ1) is 18.4. The van der Waals surface area contributed by atoms with Crippen molar-refractivity contribution in [2.45, 2.75) is 56.1 Å². The van der Waals surface area contributed by atoms with Crippen LogP contribution in [0.15, 0.2) is 29.2 Å². The van der Waals surface area contributed by atoms with Crippen LogP contribution in [-0.2, 0) is 14.8 Å². The molecule has 0 aliphatic carbocycles. The number of benzene rings is 1. The molecule has 3 rings (SSSR count). The number of rotatable bonds is 5. The number of amides is 1. The molecule has 0 bridgehead atoms. The molecule has 2 saturated heterocycles. The van der Waals surface area contributed by atoms with Crippen molar-refractivity contribution in [3.63, 3.8) is 0 Å². The lowest BCUT2D eigenvalue weighted by Gasteiger charge is -2.32. The summed E-state index contributed by atoms with van der Waals surface area (Å²) in [6.45, 7) is 3.75. The maximum absolute atomic E-state index is 12.8. The van der Waals surface area contributed by atoms with Crippen molar-refractivity contribution >= 4 is 15.9 Å². The molecule has 2 heterocycles. The maximum atomic E-state index is 12.8. The van der Waals surface area contributed by atoms with Crippen LogP contribution in [0.4, 0.5) is 0 Å². The third-order valence-electron chi connectivity index (χ3n) is 4.98. The monoisotopic (exact) mass is 366 g/mol. The molecule has 1 aromatic carbocycles. The summed E-state index contributed by atoms with van der Waals surface area (Å²) in [7, 11) is -3.50. The highest BCUT2D eigenvalue weighted by atomic mass is 32.2. The summed E-state index contributed by atoms with van der Waals surface area (Å²) in [5.74, 6) is -0.203. The van der Waals surface area contributed by atoms with E-state index in [2.05, 4.69) is 5.32 Å². The zero-order chi connectivity index (χ0) is 17.9. The molecule has 2 unspecified atom stereocenters. The molecule has 2 aliphatic rings. The minimum Gasteiger partial charge on any atom is -0.376 e. The van der Waals surface area contributed by atoms with Crippen LogP contribution in [-0.4, -0.2) is 50.5 Å². The number of carbonyl (C=O) groups is 1. The van der Waals surface area contributed by atoms with Crippen molar-refractivity contribution in [1.29, 1.82) is 0 Å². The molecule has 7 heteroatoms. The lowest BCUT2D eigenvalue weighted by Crippen LogP contribution is -2.41. The summed E-state index contributed by atoms with van der Waals surface area (Å²) >= 11 is 0. The Morgan fingerprint density at radius 2 is 1.96 bits per heavy atom. The quantitative estimate of drug-likeness (QED) is 0.866. The fourth-order valence-electron chi connectivity index (χ4n) is 3.46. The van der Waals surface area contributed by atoms with Crippen LogP contribution in [0.25, 0.3) is 0 Å². The van der Waals surface area contributed by atoms with Crippen LogP contribution in [0.5, 0.6) is 0 Å². The van der Waals surface area contributed by atoms with Crippen LogP contribution < -0.4 is 5.32 Å². The summed E-state index contributed by atoms with van der Waals surface area (Å²) in [6, 6.07) is 6.22. The molecule has 2 atom stereocenters. The van der Waals surface area contributed by atoms with Crippen molar-refractivity contribution in [2.75, 3.05) is 19.7 Å². The van der Waals surface area contributed by atoms with Gasteiger partial charge in [0.05, 0.1) is 11.0 Å². The van der Waals surface area contributed by atoms with Gasteiger partial charge in [-0.2, -0.15) is 4.31 Å². The van der Waals surface area contributed by atoms with Crippen molar-refractivity contribution in [3.05, 3.63) is 29.8 Å². The topological polar surface area (TPSA) is 75.7 Å². The van der Waals surface area contributed by atoms with E-state index in [0.29, 0.717) is 18.7 Å². The highest BCUT2D eigenvalue weighted by Crippen LogP contribution is 2.25. The largest absolute Gasteiger partial charge is 0.376 e. The zero-order valence-electron chi connectivity index (χ0n) is 14.6. The van der Waals surface area contributed by atoms with Gasteiger partial charge in [-0.25, -0.2) is 8.42 Å². The average molecular weight is 366 g/mol. The van der Waals surface area contributed by atoms with Gasteiger partial charge in [0.15, 0.2) is 0 Å².